The fourth-order valence-corrected chi connectivity index (χ4v) is 1.12. The van der Waals surface area contributed by atoms with Crippen molar-refractivity contribution < 1.29 is 19.2 Å². The summed E-state index contributed by atoms with van der Waals surface area (Å²) in [4.78, 5) is 27.0. The normalized spacial score (nSPS) is 9.61. The van der Waals surface area contributed by atoms with Crippen molar-refractivity contribution in [1.82, 2.24) is 10.8 Å². The van der Waals surface area contributed by atoms with Gasteiger partial charge in [-0.25, -0.2) is 10.3 Å². The zero-order valence-corrected chi connectivity index (χ0v) is 10.1. The molecule has 1 aromatic rings. The van der Waals surface area contributed by atoms with E-state index < -0.39 is 12.0 Å². The van der Waals surface area contributed by atoms with Crippen LogP contribution in [0.1, 0.15) is 12.5 Å². The van der Waals surface area contributed by atoms with Gasteiger partial charge in [0, 0.05) is 0 Å². The van der Waals surface area contributed by atoms with E-state index in [1.54, 1.807) is 6.92 Å². The van der Waals surface area contributed by atoms with Gasteiger partial charge < -0.3 is 10.1 Å². The lowest BCUT2D eigenvalue weighted by molar-refractivity contribution is -0.132. The summed E-state index contributed by atoms with van der Waals surface area (Å²) in [6, 6.07) is 9.27. The van der Waals surface area contributed by atoms with E-state index in [0.717, 1.165) is 5.56 Å². The Balaban J connectivity index is 2.16. The van der Waals surface area contributed by atoms with Crippen molar-refractivity contribution >= 4 is 12.0 Å². The molecule has 6 nitrogen and oxygen atoms in total. The van der Waals surface area contributed by atoms with Crippen LogP contribution in [0.2, 0.25) is 0 Å². The summed E-state index contributed by atoms with van der Waals surface area (Å²) >= 11 is 0. The number of benzene rings is 1. The summed E-state index contributed by atoms with van der Waals surface area (Å²) in [6.07, 6.45) is -0.648. The van der Waals surface area contributed by atoms with Gasteiger partial charge in [0.2, 0.25) is 0 Å². The lowest BCUT2D eigenvalue weighted by Gasteiger charge is -2.07. The zero-order valence-electron chi connectivity index (χ0n) is 10.1. The van der Waals surface area contributed by atoms with Gasteiger partial charge in [0.05, 0.1) is 6.61 Å². The van der Waals surface area contributed by atoms with Gasteiger partial charge in [-0.2, -0.15) is 0 Å². The molecule has 2 amide bonds. The Hall–Kier alpha value is -2.08. The van der Waals surface area contributed by atoms with E-state index in [2.05, 4.69) is 15.6 Å². The highest BCUT2D eigenvalue weighted by Crippen LogP contribution is 2.00. The number of nitrogens with one attached hydrogen (secondary N) is 2. The van der Waals surface area contributed by atoms with Crippen molar-refractivity contribution in [2.45, 2.75) is 13.5 Å². The van der Waals surface area contributed by atoms with E-state index >= 15 is 0 Å². The van der Waals surface area contributed by atoms with Gasteiger partial charge in [-0.15, -0.1) is 0 Å². The summed E-state index contributed by atoms with van der Waals surface area (Å²) in [6.45, 7) is 2.08. The molecule has 0 atom stereocenters. The van der Waals surface area contributed by atoms with E-state index in [1.165, 1.54) is 0 Å². The van der Waals surface area contributed by atoms with Crippen LogP contribution >= 0.6 is 0 Å². The predicted octanol–water partition coefficient (Wildman–Crippen LogP) is 0.981. The topological polar surface area (TPSA) is 76.7 Å². The summed E-state index contributed by atoms with van der Waals surface area (Å²) in [5.41, 5.74) is 3.03. The first kappa shape index (κ1) is 14.0. The molecule has 1 rings (SSSR count). The van der Waals surface area contributed by atoms with Gasteiger partial charge in [-0.1, -0.05) is 30.3 Å². The molecule has 0 unspecified atom stereocenters. The zero-order chi connectivity index (χ0) is 13.2. The largest absolute Gasteiger partial charge is 0.445 e. The SMILES string of the molecule is CCONC(=O)CNC(=O)OCc1ccccc1. The molecule has 18 heavy (non-hydrogen) atoms. The summed E-state index contributed by atoms with van der Waals surface area (Å²) in [7, 11) is 0. The number of hydrogen-bond donors (Lipinski definition) is 2. The molecule has 0 aliphatic rings. The van der Waals surface area contributed by atoms with Gasteiger partial charge in [-0.3, -0.25) is 9.63 Å². The van der Waals surface area contributed by atoms with Crippen LogP contribution in [0.4, 0.5) is 4.79 Å². The molecule has 0 radical (unpaired) electrons. The smallest absolute Gasteiger partial charge is 0.407 e. The molecule has 1 aromatic carbocycles. The first-order chi connectivity index (χ1) is 8.72. The van der Waals surface area contributed by atoms with Crippen LogP contribution in [0.15, 0.2) is 30.3 Å². The summed E-state index contributed by atoms with van der Waals surface area (Å²) < 4.78 is 4.91. The highest BCUT2D eigenvalue weighted by atomic mass is 16.6. The van der Waals surface area contributed by atoms with Crippen LogP contribution < -0.4 is 10.8 Å². The van der Waals surface area contributed by atoms with Gasteiger partial charge >= 0.3 is 6.09 Å². The minimum Gasteiger partial charge on any atom is -0.445 e. The van der Waals surface area contributed by atoms with Gasteiger partial charge in [0.15, 0.2) is 0 Å². The Morgan fingerprint density at radius 3 is 2.61 bits per heavy atom. The minimum absolute atomic E-state index is 0.166. The van der Waals surface area contributed by atoms with Crippen molar-refractivity contribution in [3.8, 4) is 0 Å². The molecule has 0 saturated carbocycles. The van der Waals surface area contributed by atoms with Crippen LogP contribution in [0.25, 0.3) is 0 Å². The Labute approximate surface area is 105 Å². The Kier molecular flexibility index (Phi) is 6.27. The second-order valence-corrected chi connectivity index (χ2v) is 3.37. The van der Waals surface area contributed by atoms with Crippen molar-refractivity contribution in [2.24, 2.45) is 0 Å². The van der Waals surface area contributed by atoms with E-state index in [1.807, 2.05) is 30.3 Å². The van der Waals surface area contributed by atoms with Crippen molar-refractivity contribution in [3.05, 3.63) is 35.9 Å². The molecule has 0 bridgehead atoms. The summed E-state index contributed by atoms with van der Waals surface area (Å²) in [5, 5.41) is 2.31. The lowest BCUT2D eigenvalue weighted by atomic mass is 10.2. The van der Waals surface area contributed by atoms with Crippen molar-refractivity contribution in [1.29, 1.82) is 0 Å². The van der Waals surface area contributed by atoms with E-state index in [4.69, 9.17) is 4.74 Å². The van der Waals surface area contributed by atoms with Crippen molar-refractivity contribution in [3.63, 3.8) is 0 Å². The van der Waals surface area contributed by atoms with Crippen LogP contribution in [-0.4, -0.2) is 25.2 Å². The predicted molar refractivity (Wildman–Crippen MR) is 64.4 cm³/mol. The molecular formula is C12H16N2O4. The number of carbonyl (C=O) groups is 2. The first-order valence-electron chi connectivity index (χ1n) is 5.57. The second-order valence-electron chi connectivity index (χ2n) is 3.37. The highest BCUT2D eigenvalue weighted by Gasteiger charge is 2.05. The number of alkyl carbamates (subject to hydrolysis) is 1. The van der Waals surface area contributed by atoms with Gasteiger partial charge in [-0.05, 0) is 12.5 Å². The third-order valence-electron chi connectivity index (χ3n) is 1.94. The molecular weight excluding hydrogens is 236 g/mol. The molecule has 6 heteroatoms. The molecule has 0 fully saturated rings. The molecule has 0 aliphatic heterocycles. The van der Waals surface area contributed by atoms with Crippen LogP contribution in [0.5, 0.6) is 0 Å². The standard InChI is InChI=1S/C12H16N2O4/c1-2-18-14-11(15)8-13-12(16)17-9-10-6-4-3-5-7-10/h3-7H,2,8-9H2,1H3,(H,13,16)(H,14,15). The minimum atomic E-state index is -0.648. The molecule has 98 valence electrons. The molecule has 0 aliphatic carbocycles. The average Bonchev–Trinajstić information content (AvgIpc) is 2.41. The van der Waals surface area contributed by atoms with Gasteiger partial charge in [0.1, 0.15) is 13.2 Å². The summed E-state index contributed by atoms with van der Waals surface area (Å²) in [5.74, 6) is -0.437. The highest BCUT2D eigenvalue weighted by molar-refractivity contribution is 5.81. The average molecular weight is 252 g/mol. The van der Waals surface area contributed by atoms with E-state index in [-0.39, 0.29) is 13.2 Å². The fourth-order valence-electron chi connectivity index (χ4n) is 1.12. The third-order valence-corrected chi connectivity index (χ3v) is 1.94. The monoisotopic (exact) mass is 252 g/mol. The number of carbonyl (C=O) groups excluding carboxylic acids is 2. The number of rotatable bonds is 6. The maximum Gasteiger partial charge on any atom is 0.407 e. The van der Waals surface area contributed by atoms with Crippen LogP contribution in [-0.2, 0) is 21.0 Å². The van der Waals surface area contributed by atoms with Crippen LogP contribution in [0.3, 0.4) is 0 Å². The molecule has 2 N–H and O–H groups in total. The third kappa shape index (κ3) is 5.86. The maximum atomic E-state index is 11.2. The molecule has 0 aromatic heterocycles. The fraction of sp³-hybridized carbons (Fsp3) is 0.333. The maximum absolute atomic E-state index is 11.2. The lowest BCUT2D eigenvalue weighted by Crippen LogP contribution is -2.37. The number of amides is 2. The van der Waals surface area contributed by atoms with Crippen molar-refractivity contribution in [2.75, 3.05) is 13.2 Å². The first-order valence-corrected chi connectivity index (χ1v) is 5.57. The molecule has 0 saturated heterocycles. The van der Waals surface area contributed by atoms with E-state index in [0.29, 0.717) is 6.61 Å². The second kappa shape index (κ2) is 8.08. The Bertz CT molecular complexity index is 381. The molecule has 0 heterocycles. The molecule has 0 spiro atoms. The van der Waals surface area contributed by atoms with E-state index in [9.17, 15) is 9.59 Å². The number of ether oxygens (including phenoxy) is 1. The van der Waals surface area contributed by atoms with Crippen LogP contribution in [0, 0.1) is 0 Å². The quantitative estimate of drug-likeness (QED) is 0.740. The Morgan fingerprint density at radius 1 is 1.22 bits per heavy atom. The number of hydrogen-bond acceptors (Lipinski definition) is 4. The number of hydroxylamine groups is 1. The van der Waals surface area contributed by atoms with Gasteiger partial charge in [0.25, 0.3) is 5.91 Å². The Morgan fingerprint density at radius 2 is 1.94 bits per heavy atom.